The van der Waals surface area contributed by atoms with E-state index in [0.717, 1.165) is 56.9 Å². The zero-order valence-corrected chi connectivity index (χ0v) is 16.0. The Labute approximate surface area is 160 Å². The third-order valence-corrected chi connectivity index (χ3v) is 9.64. The van der Waals surface area contributed by atoms with Crippen molar-refractivity contribution in [3.05, 3.63) is 11.6 Å². The fourth-order valence-electron chi connectivity index (χ4n) is 8.32. The van der Waals surface area contributed by atoms with Crippen LogP contribution in [-0.2, 0) is 14.3 Å². The molecular weight excluding hydrogens is 344 g/mol. The minimum Gasteiger partial charge on any atom is -0.458 e. The van der Waals surface area contributed by atoms with Crippen LogP contribution in [-0.4, -0.2) is 46.2 Å². The molecule has 4 aliphatic carbocycles. The van der Waals surface area contributed by atoms with Crippen LogP contribution < -0.4 is 0 Å². The van der Waals surface area contributed by atoms with Crippen LogP contribution in [0.1, 0.15) is 58.3 Å². The molecule has 2 heterocycles. The molecule has 5 nitrogen and oxygen atoms in total. The van der Waals surface area contributed by atoms with Gasteiger partial charge in [-0.15, -0.1) is 0 Å². The Balaban J connectivity index is 1.35. The lowest BCUT2D eigenvalue weighted by molar-refractivity contribution is -0.166. The minimum absolute atomic E-state index is 0.107. The highest BCUT2D eigenvalue weighted by molar-refractivity contribution is 5.85. The number of ether oxygens (including phenoxy) is 2. The molecule has 148 valence electrons. The van der Waals surface area contributed by atoms with E-state index in [4.69, 9.17) is 9.47 Å². The molecule has 6 rings (SSSR count). The number of carbonyl (C=O) groups is 1. The van der Waals surface area contributed by atoms with Gasteiger partial charge in [0.05, 0.1) is 17.8 Å². The van der Waals surface area contributed by atoms with Crippen molar-refractivity contribution < 1.29 is 24.5 Å². The first kappa shape index (κ1) is 17.0. The Bertz CT molecular complexity index is 732. The summed E-state index contributed by atoms with van der Waals surface area (Å²) < 4.78 is 11.5. The molecule has 9 atom stereocenters. The van der Waals surface area contributed by atoms with Crippen LogP contribution in [0.4, 0.5) is 0 Å². The average molecular weight is 374 g/mol. The van der Waals surface area contributed by atoms with Crippen LogP contribution in [0.5, 0.6) is 0 Å². The number of esters is 1. The summed E-state index contributed by atoms with van der Waals surface area (Å²) >= 11 is 0. The zero-order valence-electron chi connectivity index (χ0n) is 16.0. The summed E-state index contributed by atoms with van der Waals surface area (Å²) in [4.78, 5) is 11.6. The van der Waals surface area contributed by atoms with Crippen molar-refractivity contribution in [2.45, 2.75) is 81.7 Å². The fourth-order valence-corrected chi connectivity index (χ4v) is 8.32. The second-order valence-electron chi connectivity index (χ2n) is 10.4. The third-order valence-electron chi connectivity index (χ3n) is 9.64. The molecule has 2 aliphatic heterocycles. The maximum Gasteiger partial charge on any atom is 0.331 e. The maximum absolute atomic E-state index is 12.0. The van der Waals surface area contributed by atoms with Gasteiger partial charge in [0.1, 0.15) is 12.2 Å². The van der Waals surface area contributed by atoms with E-state index in [1.165, 1.54) is 0 Å². The molecule has 2 N–H and O–H groups in total. The second-order valence-corrected chi connectivity index (χ2v) is 10.4. The predicted molar refractivity (Wildman–Crippen MR) is 96.6 cm³/mol. The monoisotopic (exact) mass is 374 g/mol. The summed E-state index contributed by atoms with van der Waals surface area (Å²) in [5.74, 6) is 1.19. The number of hydrogen-bond acceptors (Lipinski definition) is 5. The number of cyclic esters (lactones) is 1. The van der Waals surface area contributed by atoms with Crippen molar-refractivity contribution in [1.29, 1.82) is 0 Å². The topological polar surface area (TPSA) is 79.3 Å². The van der Waals surface area contributed by atoms with Gasteiger partial charge in [-0.3, -0.25) is 0 Å². The van der Waals surface area contributed by atoms with Gasteiger partial charge >= 0.3 is 5.97 Å². The van der Waals surface area contributed by atoms with E-state index in [9.17, 15) is 15.0 Å². The molecule has 4 saturated carbocycles. The van der Waals surface area contributed by atoms with Crippen LogP contribution in [0.25, 0.3) is 0 Å². The predicted octanol–water partition coefficient (Wildman–Crippen LogP) is 2.35. The molecule has 5 fully saturated rings. The Morgan fingerprint density at radius 1 is 1.11 bits per heavy atom. The van der Waals surface area contributed by atoms with Gasteiger partial charge in [-0.05, 0) is 80.1 Å². The lowest BCUT2D eigenvalue weighted by atomic mass is 9.45. The van der Waals surface area contributed by atoms with Gasteiger partial charge in [0.15, 0.2) is 0 Å². The largest absolute Gasteiger partial charge is 0.458 e. The van der Waals surface area contributed by atoms with Gasteiger partial charge in [-0.25, -0.2) is 4.79 Å². The number of epoxide rings is 1. The van der Waals surface area contributed by atoms with Gasteiger partial charge in [0.2, 0.25) is 0 Å². The van der Waals surface area contributed by atoms with Crippen molar-refractivity contribution in [2.75, 3.05) is 6.61 Å². The van der Waals surface area contributed by atoms with E-state index in [1.54, 1.807) is 6.08 Å². The summed E-state index contributed by atoms with van der Waals surface area (Å²) in [5, 5.41) is 22.2. The van der Waals surface area contributed by atoms with Crippen LogP contribution >= 0.6 is 0 Å². The van der Waals surface area contributed by atoms with Gasteiger partial charge in [0, 0.05) is 12.0 Å². The highest BCUT2D eigenvalue weighted by atomic mass is 16.6. The number of rotatable bonds is 1. The van der Waals surface area contributed by atoms with Crippen molar-refractivity contribution in [3.63, 3.8) is 0 Å². The van der Waals surface area contributed by atoms with Gasteiger partial charge in [-0.1, -0.05) is 6.92 Å². The van der Waals surface area contributed by atoms with Gasteiger partial charge < -0.3 is 19.7 Å². The number of aliphatic hydroxyl groups excluding tert-OH is 1. The Morgan fingerprint density at radius 2 is 1.96 bits per heavy atom. The summed E-state index contributed by atoms with van der Waals surface area (Å²) in [6.07, 6.45) is 9.28. The smallest absolute Gasteiger partial charge is 0.331 e. The lowest BCUT2D eigenvalue weighted by Crippen LogP contribution is -2.62. The van der Waals surface area contributed by atoms with E-state index >= 15 is 0 Å². The Morgan fingerprint density at radius 3 is 2.74 bits per heavy atom. The molecule has 0 radical (unpaired) electrons. The van der Waals surface area contributed by atoms with E-state index in [0.29, 0.717) is 18.4 Å². The molecule has 5 heteroatoms. The van der Waals surface area contributed by atoms with Crippen LogP contribution in [0.3, 0.4) is 0 Å². The maximum atomic E-state index is 12.0. The molecule has 0 amide bonds. The molecule has 4 unspecified atom stereocenters. The first-order chi connectivity index (χ1) is 12.9. The van der Waals surface area contributed by atoms with Crippen molar-refractivity contribution in [3.8, 4) is 0 Å². The minimum atomic E-state index is -0.776. The number of carbonyl (C=O) groups excluding carboxylic acids is 1. The normalized spacial score (nSPS) is 58.5. The zero-order chi connectivity index (χ0) is 18.6. The Kier molecular flexibility index (Phi) is 3.25. The highest BCUT2D eigenvalue weighted by Crippen LogP contribution is 2.73. The Hall–Kier alpha value is -0.910. The molecule has 27 heavy (non-hydrogen) atoms. The average Bonchev–Trinajstić information content (AvgIpc) is 3.09. The van der Waals surface area contributed by atoms with E-state index in [-0.39, 0.29) is 35.4 Å². The summed E-state index contributed by atoms with van der Waals surface area (Å²) in [5.41, 5.74) is -0.0232. The molecular formula is C22H30O5. The second kappa shape index (κ2) is 5.17. The summed E-state index contributed by atoms with van der Waals surface area (Å²) in [6.45, 7) is 2.78. The standard InChI is InChI=1S/C22H30O5/c1-20-6-4-14(23)9-13(20)2-3-16-17(20)10-18-22(27-18)15(5-7-21(16,22)25)12-8-19(24)26-11-12/h8,13-18,23,25H,2-7,9-11H2,1H3/t13?,14-,15+,16?,17?,18?,20-,21-,22+/m0/s1. The fraction of sp³-hybridized carbons (Fsp3) is 0.864. The first-order valence-electron chi connectivity index (χ1n) is 10.8. The van der Waals surface area contributed by atoms with Crippen LogP contribution in [0, 0.1) is 29.1 Å². The molecule has 1 saturated heterocycles. The molecule has 0 aromatic carbocycles. The van der Waals surface area contributed by atoms with Crippen LogP contribution in [0.2, 0.25) is 0 Å². The number of aliphatic hydroxyl groups is 2. The van der Waals surface area contributed by atoms with E-state index < -0.39 is 11.2 Å². The number of hydrogen-bond donors (Lipinski definition) is 2. The van der Waals surface area contributed by atoms with E-state index in [2.05, 4.69) is 6.92 Å². The van der Waals surface area contributed by atoms with Crippen molar-refractivity contribution >= 4 is 5.97 Å². The SMILES string of the molecule is C[C@]12CC[C@H](O)CC1CCC1C2CC2O[C@]23[C@@H](C2=CC(=O)OC2)CC[C@]13O. The highest BCUT2D eigenvalue weighted by Gasteiger charge is 2.81. The summed E-state index contributed by atoms with van der Waals surface area (Å²) in [7, 11) is 0. The first-order valence-corrected chi connectivity index (χ1v) is 10.8. The lowest BCUT2D eigenvalue weighted by Gasteiger charge is -2.59. The van der Waals surface area contributed by atoms with Gasteiger partial charge in [0.25, 0.3) is 0 Å². The molecule has 0 aromatic heterocycles. The van der Waals surface area contributed by atoms with Crippen molar-refractivity contribution in [1.82, 2.24) is 0 Å². The molecule has 0 bridgehead atoms. The van der Waals surface area contributed by atoms with Crippen molar-refractivity contribution in [2.24, 2.45) is 29.1 Å². The van der Waals surface area contributed by atoms with Gasteiger partial charge in [-0.2, -0.15) is 0 Å². The molecule has 1 spiro atoms. The summed E-state index contributed by atoms with van der Waals surface area (Å²) in [6, 6.07) is 0. The van der Waals surface area contributed by atoms with Crippen LogP contribution in [0.15, 0.2) is 11.6 Å². The third kappa shape index (κ3) is 1.94. The quantitative estimate of drug-likeness (QED) is 0.544. The molecule has 6 aliphatic rings. The van der Waals surface area contributed by atoms with E-state index in [1.807, 2.05) is 0 Å². The number of fused-ring (bicyclic) bond motifs is 4. The molecule has 0 aromatic rings.